The second-order valence-electron chi connectivity index (χ2n) is 7.18. The first-order valence-corrected chi connectivity index (χ1v) is 8.88. The summed E-state index contributed by atoms with van der Waals surface area (Å²) in [6, 6.07) is 7.96. The van der Waals surface area contributed by atoms with Gasteiger partial charge in [-0.25, -0.2) is 9.07 Å². The number of halogens is 1. The van der Waals surface area contributed by atoms with E-state index in [-0.39, 0.29) is 24.0 Å². The minimum atomic E-state index is -0.486. The van der Waals surface area contributed by atoms with Gasteiger partial charge in [0.25, 0.3) is 0 Å². The van der Waals surface area contributed by atoms with E-state index >= 15 is 0 Å². The van der Waals surface area contributed by atoms with Crippen molar-refractivity contribution in [2.24, 2.45) is 5.41 Å². The van der Waals surface area contributed by atoms with E-state index in [2.05, 4.69) is 15.7 Å². The molecule has 144 valence electrons. The van der Waals surface area contributed by atoms with Crippen LogP contribution in [0.3, 0.4) is 0 Å². The Balaban J connectivity index is 1.69. The van der Waals surface area contributed by atoms with E-state index in [1.165, 1.54) is 10.7 Å². The summed E-state index contributed by atoms with van der Waals surface area (Å²) in [5, 5.41) is 9.77. The van der Waals surface area contributed by atoms with Crippen LogP contribution >= 0.6 is 0 Å². The molecule has 1 atom stereocenters. The van der Waals surface area contributed by atoms with Gasteiger partial charge in [-0.2, -0.15) is 5.10 Å². The Morgan fingerprint density at radius 2 is 2.07 bits per heavy atom. The van der Waals surface area contributed by atoms with Crippen LogP contribution in [0.15, 0.2) is 30.3 Å². The van der Waals surface area contributed by atoms with Crippen LogP contribution in [0.5, 0.6) is 0 Å². The molecule has 1 aliphatic rings. The molecule has 2 N–H and O–H groups in total. The van der Waals surface area contributed by atoms with Gasteiger partial charge in [-0.3, -0.25) is 14.5 Å². The lowest BCUT2D eigenvalue weighted by Gasteiger charge is -2.22. The Bertz CT molecular complexity index is 866. The molecule has 0 radical (unpaired) electrons. The second-order valence-corrected chi connectivity index (χ2v) is 7.18. The first-order valence-electron chi connectivity index (χ1n) is 8.88. The summed E-state index contributed by atoms with van der Waals surface area (Å²) in [5.41, 5.74) is 0.455. The molecule has 1 unspecified atom stereocenters. The maximum atomic E-state index is 14.1. The van der Waals surface area contributed by atoms with Crippen LogP contribution in [0.4, 0.5) is 10.2 Å². The van der Waals surface area contributed by atoms with Gasteiger partial charge in [-0.05, 0) is 38.9 Å². The number of benzene rings is 1. The van der Waals surface area contributed by atoms with Crippen molar-refractivity contribution in [2.45, 2.75) is 20.3 Å². The van der Waals surface area contributed by atoms with Crippen LogP contribution < -0.4 is 10.6 Å². The maximum absolute atomic E-state index is 14.1. The Labute approximate surface area is 157 Å². The number of anilines is 1. The summed E-state index contributed by atoms with van der Waals surface area (Å²) in [5.74, 6) is -0.250. The quantitative estimate of drug-likeness (QED) is 0.836. The normalized spacial score (nSPS) is 19.9. The fourth-order valence-corrected chi connectivity index (χ4v) is 3.46. The number of aromatic nitrogens is 2. The monoisotopic (exact) mass is 373 g/mol. The Morgan fingerprint density at radius 3 is 2.78 bits per heavy atom. The number of aryl methyl sites for hydroxylation is 1. The number of hydrogen-bond donors (Lipinski definition) is 2. The van der Waals surface area contributed by atoms with Crippen LogP contribution in [0.25, 0.3) is 5.69 Å². The molecule has 0 aliphatic carbocycles. The van der Waals surface area contributed by atoms with Crippen molar-refractivity contribution >= 4 is 17.6 Å². The van der Waals surface area contributed by atoms with Gasteiger partial charge in [0, 0.05) is 19.7 Å². The Kier molecular flexibility index (Phi) is 5.27. The molecule has 0 saturated carbocycles. The van der Waals surface area contributed by atoms with Crippen molar-refractivity contribution in [2.75, 3.05) is 32.0 Å². The van der Waals surface area contributed by atoms with Crippen LogP contribution in [0.1, 0.15) is 19.0 Å². The summed E-state index contributed by atoms with van der Waals surface area (Å²) < 4.78 is 15.5. The predicted molar refractivity (Wildman–Crippen MR) is 100 cm³/mol. The van der Waals surface area contributed by atoms with E-state index in [1.807, 2.05) is 11.8 Å². The molecule has 7 nitrogen and oxygen atoms in total. The zero-order valence-electron chi connectivity index (χ0n) is 15.8. The lowest BCUT2D eigenvalue weighted by atomic mass is 9.89. The zero-order valence-corrected chi connectivity index (χ0v) is 15.8. The molecule has 1 fully saturated rings. The standard InChI is InChI=1S/C19H24FN5O2/c1-13-10-16(25(23-13)15-7-5-4-6-14(15)20)22-17(26)11-24-9-8-19(2,12-24)18(27)21-3/h4-7,10H,8-9,11-12H2,1-3H3,(H,21,27)(H,22,26). The van der Waals surface area contributed by atoms with E-state index < -0.39 is 11.2 Å². The Hall–Kier alpha value is -2.74. The number of rotatable bonds is 5. The van der Waals surface area contributed by atoms with Gasteiger partial charge in [0.05, 0.1) is 17.7 Å². The third kappa shape index (κ3) is 4.00. The smallest absolute Gasteiger partial charge is 0.239 e. The third-order valence-electron chi connectivity index (χ3n) is 4.87. The van der Waals surface area contributed by atoms with Crippen LogP contribution in [0, 0.1) is 18.2 Å². The number of nitrogens with one attached hydrogen (secondary N) is 2. The number of carbonyl (C=O) groups excluding carboxylic acids is 2. The average Bonchev–Trinajstić information content (AvgIpc) is 3.18. The van der Waals surface area contributed by atoms with E-state index in [0.29, 0.717) is 31.0 Å². The summed E-state index contributed by atoms with van der Waals surface area (Å²) >= 11 is 0. The second kappa shape index (κ2) is 7.48. The predicted octanol–water partition coefficient (Wildman–Crippen LogP) is 1.72. The zero-order chi connectivity index (χ0) is 19.6. The first-order chi connectivity index (χ1) is 12.8. The van der Waals surface area contributed by atoms with Crippen molar-refractivity contribution in [3.8, 4) is 5.69 Å². The average molecular weight is 373 g/mol. The molecule has 2 amide bonds. The number of hydrogen-bond acceptors (Lipinski definition) is 4. The topological polar surface area (TPSA) is 79.3 Å². The third-order valence-corrected chi connectivity index (χ3v) is 4.87. The van der Waals surface area contributed by atoms with Crippen molar-refractivity contribution < 1.29 is 14.0 Å². The van der Waals surface area contributed by atoms with Gasteiger partial charge in [0.2, 0.25) is 11.8 Å². The molecule has 0 bridgehead atoms. The highest BCUT2D eigenvalue weighted by molar-refractivity contribution is 5.92. The highest BCUT2D eigenvalue weighted by atomic mass is 19.1. The van der Waals surface area contributed by atoms with Gasteiger partial charge < -0.3 is 10.6 Å². The van der Waals surface area contributed by atoms with Crippen molar-refractivity contribution in [3.63, 3.8) is 0 Å². The molecule has 1 aliphatic heterocycles. The molecular formula is C19H24FN5O2. The molecule has 8 heteroatoms. The molecule has 3 rings (SSSR count). The van der Waals surface area contributed by atoms with Crippen molar-refractivity contribution in [3.05, 3.63) is 41.8 Å². The van der Waals surface area contributed by atoms with E-state index in [0.717, 1.165) is 0 Å². The molecule has 2 aromatic rings. The first kappa shape index (κ1) is 19.0. The van der Waals surface area contributed by atoms with Gasteiger partial charge in [-0.15, -0.1) is 0 Å². The summed E-state index contributed by atoms with van der Waals surface area (Å²) in [6.07, 6.45) is 0.701. The number of para-hydroxylation sites is 1. The lowest BCUT2D eigenvalue weighted by Crippen LogP contribution is -2.40. The maximum Gasteiger partial charge on any atom is 0.239 e. The largest absolute Gasteiger partial charge is 0.359 e. The van der Waals surface area contributed by atoms with Crippen LogP contribution in [-0.4, -0.2) is 53.2 Å². The highest BCUT2D eigenvalue weighted by Crippen LogP contribution is 2.30. The van der Waals surface area contributed by atoms with Crippen molar-refractivity contribution in [1.29, 1.82) is 0 Å². The molecule has 1 saturated heterocycles. The van der Waals surface area contributed by atoms with E-state index in [1.54, 1.807) is 38.2 Å². The van der Waals surface area contributed by atoms with E-state index in [4.69, 9.17) is 0 Å². The van der Waals surface area contributed by atoms with Gasteiger partial charge in [0.15, 0.2) is 0 Å². The van der Waals surface area contributed by atoms with Gasteiger partial charge in [0.1, 0.15) is 17.3 Å². The molecule has 1 aromatic heterocycles. The molecule has 27 heavy (non-hydrogen) atoms. The summed E-state index contributed by atoms with van der Waals surface area (Å²) in [6.45, 7) is 5.03. The number of carbonyl (C=O) groups is 2. The number of nitrogens with zero attached hydrogens (tertiary/aromatic N) is 3. The minimum absolute atomic E-state index is 0.0151. The fourth-order valence-electron chi connectivity index (χ4n) is 3.46. The summed E-state index contributed by atoms with van der Waals surface area (Å²) in [7, 11) is 1.62. The van der Waals surface area contributed by atoms with Crippen LogP contribution in [0.2, 0.25) is 0 Å². The van der Waals surface area contributed by atoms with E-state index in [9.17, 15) is 14.0 Å². The molecule has 0 spiro atoms. The fraction of sp³-hybridized carbons (Fsp3) is 0.421. The van der Waals surface area contributed by atoms with Crippen molar-refractivity contribution in [1.82, 2.24) is 20.0 Å². The van der Waals surface area contributed by atoms with Crippen LogP contribution in [-0.2, 0) is 9.59 Å². The molecular weight excluding hydrogens is 349 g/mol. The Morgan fingerprint density at radius 1 is 1.33 bits per heavy atom. The summed E-state index contributed by atoms with van der Waals surface area (Å²) in [4.78, 5) is 26.5. The SMILES string of the molecule is CNC(=O)C1(C)CCN(CC(=O)Nc2cc(C)nn2-c2ccccc2F)C1. The van der Waals surface area contributed by atoms with Gasteiger partial charge in [-0.1, -0.05) is 12.1 Å². The number of likely N-dealkylation sites (tertiary alicyclic amines) is 1. The number of amides is 2. The molecule has 1 aromatic carbocycles. The minimum Gasteiger partial charge on any atom is -0.359 e. The lowest BCUT2D eigenvalue weighted by molar-refractivity contribution is -0.129. The highest BCUT2D eigenvalue weighted by Gasteiger charge is 2.40. The van der Waals surface area contributed by atoms with Gasteiger partial charge >= 0.3 is 0 Å². The molecule has 2 heterocycles.